The van der Waals surface area contributed by atoms with Crippen LogP contribution in [-0.4, -0.2) is 35.2 Å². The summed E-state index contributed by atoms with van der Waals surface area (Å²) in [7, 11) is 0. The highest BCUT2D eigenvalue weighted by atomic mass is 16.6. The number of rotatable bonds is 3. The molecule has 23 heavy (non-hydrogen) atoms. The molecule has 0 radical (unpaired) electrons. The summed E-state index contributed by atoms with van der Waals surface area (Å²) in [5, 5.41) is 3.19. The number of likely N-dealkylation sites (tertiary alicyclic amines) is 1. The molecule has 1 amide bonds. The van der Waals surface area contributed by atoms with Crippen LogP contribution in [0.3, 0.4) is 0 Å². The van der Waals surface area contributed by atoms with Gasteiger partial charge in [-0.25, -0.2) is 4.79 Å². The number of carbonyl (C=O) groups excluding carboxylic acids is 1. The highest BCUT2D eigenvalue weighted by Gasteiger charge is 2.46. The van der Waals surface area contributed by atoms with Crippen LogP contribution in [0.25, 0.3) is 0 Å². The lowest BCUT2D eigenvalue weighted by Gasteiger charge is -2.41. The van der Waals surface area contributed by atoms with Crippen molar-refractivity contribution in [2.75, 3.05) is 13.1 Å². The van der Waals surface area contributed by atoms with Gasteiger partial charge in [-0.1, -0.05) is 30.3 Å². The van der Waals surface area contributed by atoms with Crippen molar-refractivity contribution in [1.29, 1.82) is 0 Å². The molecule has 3 rings (SSSR count). The van der Waals surface area contributed by atoms with Gasteiger partial charge in [0.05, 0.1) is 5.54 Å². The van der Waals surface area contributed by atoms with E-state index in [2.05, 4.69) is 40.5 Å². The van der Waals surface area contributed by atoms with Gasteiger partial charge in [-0.3, -0.25) is 4.90 Å². The Morgan fingerprint density at radius 2 is 2.09 bits per heavy atom. The SMILES string of the molecule is CC(C)(C)OC(=O)NC12CCC(CN(Cc3ccccc3)C1)C2. The molecule has 1 saturated heterocycles. The van der Waals surface area contributed by atoms with Crippen molar-refractivity contribution in [3.63, 3.8) is 0 Å². The lowest BCUT2D eigenvalue weighted by Crippen LogP contribution is -2.57. The first-order valence-corrected chi connectivity index (χ1v) is 8.61. The topological polar surface area (TPSA) is 41.6 Å². The Hall–Kier alpha value is -1.55. The van der Waals surface area contributed by atoms with Gasteiger partial charge in [-0.2, -0.15) is 0 Å². The molecule has 2 unspecified atom stereocenters. The minimum absolute atomic E-state index is 0.111. The Balaban J connectivity index is 1.64. The summed E-state index contributed by atoms with van der Waals surface area (Å²) in [6, 6.07) is 10.6. The van der Waals surface area contributed by atoms with Crippen LogP contribution in [0.4, 0.5) is 4.79 Å². The first kappa shape index (κ1) is 16.3. The predicted molar refractivity (Wildman–Crippen MR) is 91.2 cm³/mol. The number of hydrogen-bond donors (Lipinski definition) is 1. The number of hydrogen-bond acceptors (Lipinski definition) is 3. The van der Waals surface area contributed by atoms with E-state index in [0.29, 0.717) is 5.92 Å². The molecule has 1 N–H and O–H groups in total. The molecule has 2 fully saturated rings. The van der Waals surface area contributed by atoms with E-state index in [1.165, 1.54) is 12.0 Å². The molecule has 1 aliphatic carbocycles. The van der Waals surface area contributed by atoms with Gasteiger partial charge in [0, 0.05) is 19.6 Å². The number of alkyl carbamates (subject to hydrolysis) is 1. The summed E-state index contributed by atoms with van der Waals surface area (Å²) in [5.74, 6) is 0.683. The average molecular weight is 316 g/mol. The molecule has 2 aliphatic rings. The van der Waals surface area contributed by atoms with Crippen molar-refractivity contribution in [2.24, 2.45) is 5.92 Å². The number of benzene rings is 1. The summed E-state index contributed by atoms with van der Waals surface area (Å²) in [4.78, 5) is 14.7. The quantitative estimate of drug-likeness (QED) is 0.927. The normalized spacial score (nSPS) is 27.7. The number of carbonyl (C=O) groups is 1. The van der Waals surface area contributed by atoms with Crippen LogP contribution < -0.4 is 5.32 Å². The predicted octanol–water partition coefficient (Wildman–Crippen LogP) is 3.57. The van der Waals surface area contributed by atoms with Crippen molar-refractivity contribution in [2.45, 2.75) is 57.7 Å². The summed E-state index contributed by atoms with van der Waals surface area (Å²) in [6.07, 6.45) is 3.06. The van der Waals surface area contributed by atoms with Crippen molar-refractivity contribution >= 4 is 6.09 Å². The maximum Gasteiger partial charge on any atom is 0.408 e. The first-order valence-electron chi connectivity index (χ1n) is 8.61. The number of nitrogens with zero attached hydrogens (tertiary/aromatic N) is 1. The number of amides is 1. The Morgan fingerprint density at radius 1 is 1.35 bits per heavy atom. The highest BCUT2D eigenvalue weighted by molar-refractivity contribution is 5.69. The van der Waals surface area contributed by atoms with Gasteiger partial charge in [0.15, 0.2) is 0 Å². The molecule has 1 aromatic rings. The molecular formula is C19H28N2O2. The van der Waals surface area contributed by atoms with Crippen LogP contribution in [0.5, 0.6) is 0 Å². The summed E-state index contributed by atoms with van der Waals surface area (Å²) in [6.45, 7) is 8.72. The Kier molecular flexibility index (Phi) is 4.37. The highest BCUT2D eigenvalue weighted by Crippen LogP contribution is 2.40. The molecule has 4 nitrogen and oxygen atoms in total. The third kappa shape index (κ3) is 4.25. The van der Waals surface area contributed by atoms with Crippen LogP contribution >= 0.6 is 0 Å². The zero-order valence-corrected chi connectivity index (χ0v) is 14.5. The number of nitrogens with one attached hydrogen (secondary N) is 1. The third-order valence-electron chi connectivity index (χ3n) is 4.77. The Bertz CT molecular complexity index is 552. The van der Waals surface area contributed by atoms with Crippen molar-refractivity contribution in [3.05, 3.63) is 35.9 Å². The summed E-state index contributed by atoms with van der Waals surface area (Å²) >= 11 is 0. The van der Waals surface area contributed by atoms with E-state index < -0.39 is 5.60 Å². The van der Waals surface area contributed by atoms with E-state index in [1.54, 1.807) is 0 Å². The molecule has 0 aromatic heterocycles. The van der Waals surface area contributed by atoms with E-state index in [0.717, 1.165) is 32.5 Å². The molecule has 2 atom stereocenters. The maximum atomic E-state index is 12.2. The minimum atomic E-state index is -0.447. The lowest BCUT2D eigenvalue weighted by molar-refractivity contribution is 0.0377. The van der Waals surface area contributed by atoms with E-state index in [4.69, 9.17) is 4.74 Å². The largest absolute Gasteiger partial charge is 0.444 e. The zero-order valence-electron chi connectivity index (χ0n) is 14.5. The van der Waals surface area contributed by atoms with E-state index in [9.17, 15) is 4.79 Å². The van der Waals surface area contributed by atoms with Crippen LogP contribution in [0, 0.1) is 5.92 Å². The molecular weight excluding hydrogens is 288 g/mol. The van der Waals surface area contributed by atoms with Gasteiger partial charge in [0.25, 0.3) is 0 Å². The fraction of sp³-hybridized carbons (Fsp3) is 0.632. The average Bonchev–Trinajstić information content (AvgIpc) is 2.72. The summed E-state index contributed by atoms with van der Waals surface area (Å²) in [5.41, 5.74) is 0.776. The van der Waals surface area contributed by atoms with Gasteiger partial charge < -0.3 is 10.1 Å². The number of piperidine rings is 1. The van der Waals surface area contributed by atoms with E-state index in [-0.39, 0.29) is 11.6 Å². The van der Waals surface area contributed by atoms with Crippen molar-refractivity contribution in [1.82, 2.24) is 10.2 Å². The Morgan fingerprint density at radius 3 is 2.78 bits per heavy atom. The van der Waals surface area contributed by atoms with Crippen molar-refractivity contribution in [3.8, 4) is 0 Å². The molecule has 126 valence electrons. The number of fused-ring (bicyclic) bond motifs is 2. The second kappa shape index (κ2) is 6.16. The summed E-state index contributed by atoms with van der Waals surface area (Å²) < 4.78 is 5.47. The van der Waals surface area contributed by atoms with Gasteiger partial charge >= 0.3 is 6.09 Å². The monoisotopic (exact) mass is 316 g/mol. The molecule has 1 aromatic carbocycles. The second-order valence-electron chi connectivity index (χ2n) is 8.17. The van der Waals surface area contributed by atoms with Gasteiger partial charge in [-0.05, 0) is 51.5 Å². The molecule has 4 heteroatoms. The molecule has 1 saturated carbocycles. The minimum Gasteiger partial charge on any atom is -0.444 e. The van der Waals surface area contributed by atoms with E-state index >= 15 is 0 Å². The van der Waals surface area contributed by atoms with Crippen LogP contribution in [-0.2, 0) is 11.3 Å². The fourth-order valence-electron chi connectivity index (χ4n) is 4.03. The standard InChI is InChI=1S/C19H28N2O2/c1-18(2,3)23-17(22)20-19-10-9-16(11-19)13-21(14-19)12-15-7-5-4-6-8-15/h4-8,16H,9-14H2,1-3H3,(H,20,22). The van der Waals surface area contributed by atoms with E-state index in [1.807, 2.05) is 20.8 Å². The molecule has 1 aliphatic heterocycles. The van der Waals surface area contributed by atoms with Gasteiger partial charge in [-0.15, -0.1) is 0 Å². The second-order valence-corrected chi connectivity index (χ2v) is 8.17. The van der Waals surface area contributed by atoms with Crippen LogP contribution in [0.1, 0.15) is 45.6 Å². The lowest BCUT2D eigenvalue weighted by atomic mass is 9.91. The molecule has 2 bridgehead atoms. The number of ether oxygens (including phenoxy) is 1. The molecule has 0 spiro atoms. The van der Waals surface area contributed by atoms with Crippen molar-refractivity contribution < 1.29 is 9.53 Å². The van der Waals surface area contributed by atoms with Gasteiger partial charge in [0.2, 0.25) is 0 Å². The first-order chi connectivity index (χ1) is 10.8. The third-order valence-corrected chi connectivity index (χ3v) is 4.77. The zero-order chi connectivity index (χ0) is 16.5. The Labute approximate surface area is 139 Å². The van der Waals surface area contributed by atoms with Gasteiger partial charge in [0.1, 0.15) is 5.60 Å². The van der Waals surface area contributed by atoms with Crippen LogP contribution in [0.15, 0.2) is 30.3 Å². The fourth-order valence-corrected chi connectivity index (χ4v) is 4.03. The smallest absolute Gasteiger partial charge is 0.408 e. The van der Waals surface area contributed by atoms with Crippen LogP contribution in [0.2, 0.25) is 0 Å². The maximum absolute atomic E-state index is 12.2. The molecule has 1 heterocycles.